The molecule has 104 valence electrons. The largest absolute Gasteiger partial charge is 0.479 e. The number of carbonyl (C=O) groups is 2. The molecule has 0 aromatic rings. The number of carboxylic acids is 1. The van der Waals surface area contributed by atoms with Gasteiger partial charge in [0.1, 0.15) is 0 Å². The zero-order valence-electron chi connectivity index (χ0n) is 9.80. The molecular weight excluding hydrogens is 253 g/mol. The molecule has 0 aliphatic heterocycles. The van der Waals surface area contributed by atoms with Crippen molar-refractivity contribution < 1.29 is 27.9 Å². The lowest BCUT2D eigenvalue weighted by atomic mass is 10.0. The molecule has 1 aliphatic rings. The molecule has 5 nitrogen and oxygen atoms in total. The van der Waals surface area contributed by atoms with Gasteiger partial charge >= 0.3 is 18.2 Å². The van der Waals surface area contributed by atoms with Gasteiger partial charge in [0.05, 0.1) is 0 Å². The molecule has 0 bridgehead atoms. The van der Waals surface area contributed by atoms with Crippen molar-refractivity contribution in [3.05, 3.63) is 0 Å². The minimum Gasteiger partial charge on any atom is -0.479 e. The number of alkyl halides is 3. The molecule has 8 heteroatoms. The summed E-state index contributed by atoms with van der Waals surface area (Å²) in [7, 11) is 0. The number of rotatable bonds is 5. The third kappa shape index (κ3) is 3.51. The zero-order chi connectivity index (χ0) is 14.0. The number of carbonyl (C=O) groups excluding carboxylic acids is 1. The standard InChI is InChI=1S/C10H15F3N2O3/c1-9(7(16)17,10(11,12)13)15-8(18)14-5-4-6-2-3-6/h6H,2-5H2,1H3,(H,16,17)(H2,14,15,18). The van der Waals surface area contributed by atoms with Crippen molar-refractivity contribution in [1.82, 2.24) is 10.6 Å². The molecule has 1 unspecified atom stereocenters. The summed E-state index contributed by atoms with van der Waals surface area (Å²) in [6.45, 7) is 0.653. The van der Waals surface area contributed by atoms with Gasteiger partial charge in [-0.25, -0.2) is 9.59 Å². The summed E-state index contributed by atoms with van der Waals surface area (Å²) in [5, 5.41) is 12.3. The Balaban J connectivity index is 2.49. The van der Waals surface area contributed by atoms with Crippen LogP contribution in [-0.4, -0.2) is 35.4 Å². The predicted octanol–water partition coefficient (Wildman–Crippen LogP) is 1.49. The topological polar surface area (TPSA) is 78.4 Å². The van der Waals surface area contributed by atoms with Gasteiger partial charge in [-0.3, -0.25) is 0 Å². The summed E-state index contributed by atoms with van der Waals surface area (Å²) < 4.78 is 37.7. The summed E-state index contributed by atoms with van der Waals surface area (Å²) in [6, 6.07) is -1.13. The smallest absolute Gasteiger partial charge is 0.422 e. The minimum atomic E-state index is -5.06. The van der Waals surface area contributed by atoms with Crippen LogP contribution >= 0.6 is 0 Å². The van der Waals surface area contributed by atoms with Crippen molar-refractivity contribution in [1.29, 1.82) is 0 Å². The summed E-state index contributed by atoms with van der Waals surface area (Å²) in [4.78, 5) is 21.9. The van der Waals surface area contributed by atoms with Crippen LogP contribution in [0.3, 0.4) is 0 Å². The minimum absolute atomic E-state index is 0.240. The van der Waals surface area contributed by atoms with Crippen molar-refractivity contribution in [3.63, 3.8) is 0 Å². The van der Waals surface area contributed by atoms with E-state index in [9.17, 15) is 22.8 Å². The summed E-state index contributed by atoms with van der Waals surface area (Å²) >= 11 is 0. The second-order valence-electron chi connectivity index (χ2n) is 4.54. The van der Waals surface area contributed by atoms with Crippen LogP contribution in [0, 0.1) is 5.92 Å². The van der Waals surface area contributed by atoms with E-state index in [1.165, 1.54) is 5.32 Å². The monoisotopic (exact) mass is 268 g/mol. The zero-order valence-corrected chi connectivity index (χ0v) is 9.80. The SMILES string of the molecule is CC(NC(=O)NCCC1CC1)(C(=O)O)C(F)(F)F. The Morgan fingerprint density at radius 1 is 1.33 bits per heavy atom. The van der Waals surface area contributed by atoms with Gasteiger partial charge in [-0.15, -0.1) is 0 Å². The van der Waals surface area contributed by atoms with Crippen LogP contribution in [0.4, 0.5) is 18.0 Å². The van der Waals surface area contributed by atoms with Crippen molar-refractivity contribution in [2.75, 3.05) is 6.54 Å². The molecule has 1 atom stereocenters. The predicted molar refractivity (Wildman–Crippen MR) is 56.0 cm³/mol. The number of halogens is 3. The lowest BCUT2D eigenvalue weighted by molar-refractivity contribution is -0.203. The Morgan fingerprint density at radius 2 is 1.89 bits per heavy atom. The number of nitrogens with one attached hydrogen (secondary N) is 2. The van der Waals surface area contributed by atoms with Crippen LogP contribution in [0.1, 0.15) is 26.2 Å². The molecule has 18 heavy (non-hydrogen) atoms. The lowest BCUT2D eigenvalue weighted by Gasteiger charge is -2.28. The van der Waals surface area contributed by atoms with Crippen molar-refractivity contribution in [2.24, 2.45) is 5.92 Å². The van der Waals surface area contributed by atoms with Crippen LogP contribution in [-0.2, 0) is 4.79 Å². The van der Waals surface area contributed by atoms with Crippen molar-refractivity contribution >= 4 is 12.0 Å². The number of hydrogen-bond acceptors (Lipinski definition) is 2. The quantitative estimate of drug-likeness (QED) is 0.707. The van der Waals surface area contributed by atoms with Gasteiger partial charge in [0.15, 0.2) is 0 Å². The molecule has 0 saturated heterocycles. The van der Waals surface area contributed by atoms with Crippen LogP contribution < -0.4 is 10.6 Å². The molecule has 1 rings (SSSR count). The number of aliphatic carboxylic acids is 1. The Bertz CT molecular complexity index is 342. The van der Waals surface area contributed by atoms with Gasteiger partial charge in [0.2, 0.25) is 5.54 Å². The maximum atomic E-state index is 12.6. The average Bonchev–Trinajstić information content (AvgIpc) is 2.99. The number of hydrogen-bond donors (Lipinski definition) is 3. The van der Waals surface area contributed by atoms with Gasteiger partial charge in [-0.1, -0.05) is 12.8 Å². The summed E-state index contributed by atoms with van der Waals surface area (Å²) in [5.41, 5.74) is -3.28. The maximum absolute atomic E-state index is 12.6. The van der Waals surface area contributed by atoms with Gasteiger partial charge in [0.25, 0.3) is 0 Å². The highest BCUT2D eigenvalue weighted by atomic mass is 19.4. The molecule has 0 radical (unpaired) electrons. The van der Waals surface area contributed by atoms with Crippen molar-refractivity contribution in [3.8, 4) is 0 Å². The fourth-order valence-corrected chi connectivity index (χ4v) is 1.31. The van der Waals surface area contributed by atoms with E-state index in [1.54, 1.807) is 0 Å². The number of amides is 2. The first-order valence-corrected chi connectivity index (χ1v) is 5.53. The molecule has 0 spiro atoms. The molecule has 0 aromatic heterocycles. The van der Waals surface area contributed by atoms with Crippen LogP contribution in [0.15, 0.2) is 0 Å². The van der Waals surface area contributed by atoms with E-state index in [2.05, 4.69) is 5.32 Å². The molecular formula is C10H15F3N2O3. The first kappa shape index (κ1) is 14.6. The molecule has 1 aliphatic carbocycles. The van der Waals surface area contributed by atoms with Gasteiger partial charge in [0, 0.05) is 6.54 Å². The fourth-order valence-electron chi connectivity index (χ4n) is 1.31. The average molecular weight is 268 g/mol. The van der Waals surface area contributed by atoms with Crippen molar-refractivity contribution in [2.45, 2.75) is 37.9 Å². The van der Waals surface area contributed by atoms with Crippen LogP contribution in [0.25, 0.3) is 0 Å². The third-order valence-electron chi connectivity index (χ3n) is 2.89. The first-order valence-electron chi connectivity index (χ1n) is 5.53. The Labute approximate surface area is 102 Å². The normalized spacial score (nSPS) is 18.9. The first-order chi connectivity index (χ1) is 8.17. The maximum Gasteiger partial charge on any atom is 0.422 e. The van der Waals surface area contributed by atoms with Gasteiger partial charge in [-0.2, -0.15) is 13.2 Å². The Morgan fingerprint density at radius 3 is 2.28 bits per heavy atom. The third-order valence-corrected chi connectivity index (χ3v) is 2.89. The van der Waals surface area contributed by atoms with E-state index in [1.807, 2.05) is 0 Å². The number of urea groups is 1. The summed E-state index contributed by atoms with van der Waals surface area (Å²) in [6.07, 6.45) is -2.23. The van der Waals surface area contributed by atoms with Gasteiger partial charge in [-0.05, 0) is 19.3 Å². The highest BCUT2D eigenvalue weighted by Crippen LogP contribution is 2.32. The fraction of sp³-hybridized carbons (Fsp3) is 0.800. The van der Waals surface area contributed by atoms with E-state index in [0.717, 1.165) is 12.8 Å². The van der Waals surface area contributed by atoms with E-state index in [0.29, 0.717) is 19.3 Å². The molecule has 1 saturated carbocycles. The second kappa shape index (κ2) is 5.03. The molecule has 0 aromatic carbocycles. The molecule has 3 N–H and O–H groups in total. The number of carboxylic acid groups (broad SMARTS) is 1. The van der Waals surface area contributed by atoms with E-state index >= 15 is 0 Å². The highest BCUT2D eigenvalue weighted by Gasteiger charge is 2.58. The molecule has 0 heterocycles. The lowest BCUT2D eigenvalue weighted by Crippen LogP contribution is -2.63. The van der Waals surface area contributed by atoms with Crippen LogP contribution in [0.5, 0.6) is 0 Å². The van der Waals surface area contributed by atoms with E-state index in [-0.39, 0.29) is 6.54 Å². The highest BCUT2D eigenvalue weighted by molar-refractivity contribution is 5.86. The molecule has 2 amide bonds. The van der Waals surface area contributed by atoms with E-state index in [4.69, 9.17) is 5.11 Å². The van der Waals surface area contributed by atoms with Crippen LogP contribution in [0.2, 0.25) is 0 Å². The van der Waals surface area contributed by atoms with Gasteiger partial charge < -0.3 is 15.7 Å². The molecule has 1 fully saturated rings. The second-order valence-corrected chi connectivity index (χ2v) is 4.54. The summed E-state index contributed by atoms with van der Waals surface area (Å²) in [5.74, 6) is -1.62. The Kier molecular flexibility index (Phi) is 4.08. The Hall–Kier alpha value is -1.47. The van der Waals surface area contributed by atoms with E-state index < -0.39 is 23.7 Å².